The number of aryl methyl sites for hydroxylation is 2. The van der Waals surface area contributed by atoms with Crippen molar-refractivity contribution in [2.45, 2.75) is 65.5 Å². The topological polar surface area (TPSA) is 79.2 Å². The molecule has 0 spiro atoms. The number of methoxy groups -OCH3 is 3. The molecule has 43 heavy (non-hydrogen) atoms. The average molecular weight is 591 g/mol. The van der Waals surface area contributed by atoms with Crippen LogP contribution in [0.25, 0.3) is 10.9 Å². The second kappa shape index (κ2) is 12.6. The second-order valence-corrected chi connectivity index (χ2v) is 12.0. The Labute approximate surface area is 255 Å². The Hall–Kier alpha value is -3.52. The smallest absolute Gasteiger partial charge is 0.338 e. The number of hydrogen-bond donors (Lipinski definition) is 0. The summed E-state index contributed by atoms with van der Waals surface area (Å²) in [6.45, 7) is 9.77. The molecule has 2 aromatic carbocycles. The normalized spacial score (nSPS) is 24.5. The van der Waals surface area contributed by atoms with E-state index in [4.69, 9.17) is 18.9 Å². The summed E-state index contributed by atoms with van der Waals surface area (Å²) in [5.74, 6) is 1.40. The fourth-order valence-corrected chi connectivity index (χ4v) is 7.90. The SMILES string of the molecule is CC.COc1cc(C(=O)O[C@@H]2C[C@@H]3CN4CCc5c(n(C)c6cc(C)ccc56)[C@H]4C[C@@H]3[C@H](C(C)=O)C2)cc(OC)c1OC. The van der Waals surface area contributed by atoms with Crippen molar-refractivity contribution in [2.75, 3.05) is 34.4 Å². The van der Waals surface area contributed by atoms with Crippen LogP contribution in [0.15, 0.2) is 30.3 Å². The number of aromatic nitrogens is 1. The Morgan fingerprint density at radius 3 is 2.26 bits per heavy atom. The number of ketones is 1. The fraction of sp³-hybridized carbons (Fsp3) is 0.543. The summed E-state index contributed by atoms with van der Waals surface area (Å²) < 4.78 is 24.7. The molecule has 8 heteroatoms. The molecule has 1 saturated heterocycles. The van der Waals surface area contributed by atoms with E-state index in [9.17, 15) is 9.59 Å². The van der Waals surface area contributed by atoms with E-state index in [0.717, 1.165) is 32.4 Å². The zero-order valence-electron chi connectivity index (χ0n) is 26.9. The molecule has 8 nitrogen and oxygen atoms in total. The molecule has 2 aliphatic heterocycles. The van der Waals surface area contributed by atoms with Gasteiger partial charge >= 0.3 is 5.97 Å². The molecule has 0 bridgehead atoms. The highest BCUT2D eigenvalue weighted by atomic mass is 16.5. The zero-order chi connectivity index (χ0) is 31.0. The number of carbonyl (C=O) groups is 2. The number of benzene rings is 2. The van der Waals surface area contributed by atoms with Gasteiger partial charge in [0.2, 0.25) is 5.75 Å². The highest BCUT2D eigenvalue weighted by Crippen LogP contribution is 2.50. The van der Waals surface area contributed by atoms with Gasteiger partial charge in [0, 0.05) is 42.7 Å². The van der Waals surface area contributed by atoms with Crippen LogP contribution in [0.1, 0.15) is 73.3 Å². The van der Waals surface area contributed by atoms with E-state index < -0.39 is 5.97 Å². The molecular formula is C35H46N2O6. The Morgan fingerprint density at radius 1 is 0.930 bits per heavy atom. The lowest BCUT2D eigenvalue weighted by Gasteiger charge is -2.51. The molecule has 0 amide bonds. The van der Waals surface area contributed by atoms with Crippen LogP contribution in [0, 0.1) is 24.7 Å². The largest absolute Gasteiger partial charge is 0.493 e. The Kier molecular flexibility index (Phi) is 9.07. The van der Waals surface area contributed by atoms with Crippen LogP contribution >= 0.6 is 0 Å². The van der Waals surface area contributed by atoms with Gasteiger partial charge in [0.1, 0.15) is 11.9 Å². The molecule has 5 atom stereocenters. The van der Waals surface area contributed by atoms with Crippen molar-refractivity contribution >= 4 is 22.7 Å². The summed E-state index contributed by atoms with van der Waals surface area (Å²) in [6, 6.07) is 10.3. The van der Waals surface area contributed by atoms with Gasteiger partial charge in [-0.2, -0.15) is 0 Å². The molecular weight excluding hydrogens is 544 g/mol. The van der Waals surface area contributed by atoms with E-state index in [-0.39, 0.29) is 23.7 Å². The number of fused-ring (bicyclic) bond motifs is 6. The summed E-state index contributed by atoms with van der Waals surface area (Å²) in [5, 5.41) is 1.36. The third kappa shape index (κ3) is 5.50. The molecule has 1 aliphatic carbocycles. The molecule has 0 N–H and O–H groups in total. The van der Waals surface area contributed by atoms with Gasteiger partial charge < -0.3 is 23.5 Å². The quantitative estimate of drug-likeness (QED) is 0.312. The van der Waals surface area contributed by atoms with E-state index in [0.29, 0.717) is 41.2 Å². The van der Waals surface area contributed by atoms with Crippen LogP contribution in [0.3, 0.4) is 0 Å². The summed E-state index contributed by atoms with van der Waals surface area (Å²) in [7, 11) is 6.75. The molecule has 3 aliphatic rings. The van der Waals surface area contributed by atoms with E-state index in [2.05, 4.69) is 41.6 Å². The molecule has 0 radical (unpaired) electrons. The third-order valence-electron chi connectivity index (χ3n) is 9.78. The molecule has 2 fully saturated rings. The maximum atomic E-state index is 13.3. The summed E-state index contributed by atoms with van der Waals surface area (Å²) >= 11 is 0. The summed E-state index contributed by atoms with van der Waals surface area (Å²) in [4.78, 5) is 29.0. The van der Waals surface area contributed by atoms with E-state index in [1.807, 2.05) is 13.8 Å². The summed E-state index contributed by atoms with van der Waals surface area (Å²) in [5.41, 5.74) is 5.78. The van der Waals surface area contributed by atoms with Crippen molar-refractivity contribution in [2.24, 2.45) is 24.8 Å². The van der Waals surface area contributed by atoms with Crippen LogP contribution in [0.2, 0.25) is 0 Å². The van der Waals surface area contributed by atoms with Crippen LogP contribution < -0.4 is 14.2 Å². The standard InChI is InChI=1S/C33H40N2O6.C2H6/c1-18-7-8-23-24-9-10-35-17-21-12-22(41-33(37)20-13-29(38-4)32(40-6)30(14-20)39-5)15-25(19(2)36)26(21)16-28(35)31(24)34(3)27(23)11-18;1-2/h7-8,11,13-14,21-22,25-26,28H,9-10,12,15-17H2,1-6H3;1-2H3/t21-,22-,25+,26+,28-;/m1./s1. The zero-order valence-corrected chi connectivity index (χ0v) is 26.9. The lowest BCUT2D eigenvalue weighted by molar-refractivity contribution is -0.130. The first-order chi connectivity index (χ1) is 20.7. The van der Waals surface area contributed by atoms with Crippen molar-refractivity contribution in [1.82, 2.24) is 9.47 Å². The monoisotopic (exact) mass is 590 g/mol. The average Bonchev–Trinajstić information content (AvgIpc) is 3.30. The predicted molar refractivity (Wildman–Crippen MR) is 167 cm³/mol. The van der Waals surface area contributed by atoms with Crippen molar-refractivity contribution in [3.8, 4) is 17.2 Å². The van der Waals surface area contributed by atoms with Gasteiger partial charge in [-0.05, 0) is 80.7 Å². The number of carbonyl (C=O) groups excluding carboxylic acids is 2. The maximum Gasteiger partial charge on any atom is 0.338 e. The molecule has 6 rings (SSSR count). The number of esters is 1. The molecule has 232 valence electrons. The van der Waals surface area contributed by atoms with E-state index in [1.54, 1.807) is 19.1 Å². The predicted octanol–water partition coefficient (Wildman–Crippen LogP) is 6.30. The number of hydrogen-bond acceptors (Lipinski definition) is 7. The van der Waals surface area contributed by atoms with Crippen molar-refractivity contribution in [1.29, 1.82) is 0 Å². The molecule has 0 unspecified atom stereocenters. The maximum absolute atomic E-state index is 13.3. The van der Waals surface area contributed by atoms with Gasteiger partial charge in [-0.15, -0.1) is 0 Å². The van der Waals surface area contributed by atoms with E-state index in [1.165, 1.54) is 49.1 Å². The minimum absolute atomic E-state index is 0.129. The number of rotatable bonds is 6. The van der Waals surface area contributed by atoms with E-state index >= 15 is 0 Å². The van der Waals surface area contributed by atoms with Gasteiger partial charge in [0.05, 0.1) is 32.9 Å². The third-order valence-corrected chi connectivity index (χ3v) is 9.78. The highest BCUT2D eigenvalue weighted by Gasteiger charge is 2.48. The van der Waals surface area contributed by atoms with Crippen LogP contribution in [0.5, 0.6) is 17.2 Å². The molecule has 3 aromatic rings. The van der Waals surface area contributed by atoms with Gasteiger partial charge in [0.15, 0.2) is 11.5 Å². The lowest BCUT2D eigenvalue weighted by atomic mass is 9.64. The van der Waals surface area contributed by atoms with Gasteiger partial charge in [-0.3, -0.25) is 9.69 Å². The first kappa shape index (κ1) is 30.9. The molecule has 1 aromatic heterocycles. The van der Waals surface area contributed by atoms with Crippen molar-refractivity contribution in [3.05, 3.63) is 52.7 Å². The molecule has 3 heterocycles. The lowest BCUT2D eigenvalue weighted by Crippen LogP contribution is -2.52. The van der Waals surface area contributed by atoms with Crippen molar-refractivity contribution in [3.63, 3.8) is 0 Å². The minimum Gasteiger partial charge on any atom is -0.493 e. The number of ether oxygens (including phenoxy) is 4. The Balaban J connectivity index is 0.00000180. The number of piperidine rings is 1. The Bertz CT molecular complexity index is 1480. The second-order valence-electron chi connectivity index (χ2n) is 12.0. The van der Waals surface area contributed by atoms with Gasteiger partial charge in [-0.25, -0.2) is 4.79 Å². The highest BCUT2D eigenvalue weighted by molar-refractivity contribution is 5.91. The Morgan fingerprint density at radius 2 is 1.63 bits per heavy atom. The number of nitrogens with zero attached hydrogens (tertiary/aromatic N) is 2. The fourth-order valence-electron chi connectivity index (χ4n) is 7.90. The first-order valence-electron chi connectivity index (χ1n) is 15.6. The van der Waals surface area contributed by atoms with Gasteiger partial charge in [0.25, 0.3) is 0 Å². The van der Waals surface area contributed by atoms with Gasteiger partial charge in [-0.1, -0.05) is 26.0 Å². The first-order valence-corrected chi connectivity index (χ1v) is 15.6. The number of Topliss-reactive ketones (excluding diaryl/α,β-unsaturated/α-hetero) is 1. The van der Waals surface area contributed by atoms with Crippen LogP contribution in [0.4, 0.5) is 0 Å². The summed E-state index contributed by atoms with van der Waals surface area (Å²) in [6.07, 6.45) is 2.97. The molecule has 1 saturated carbocycles. The van der Waals surface area contributed by atoms with Crippen LogP contribution in [-0.4, -0.2) is 61.7 Å². The van der Waals surface area contributed by atoms with Crippen LogP contribution in [-0.2, 0) is 23.0 Å². The van der Waals surface area contributed by atoms with Crippen molar-refractivity contribution < 1.29 is 28.5 Å². The minimum atomic E-state index is -0.447.